The van der Waals surface area contributed by atoms with E-state index in [2.05, 4.69) is 5.32 Å². The number of benzene rings is 2. The number of rotatable bonds is 8. The van der Waals surface area contributed by atoms with Gasteiger partial charge < -0.3 is 25.2 Å². The Kier molecular flexibility index (Phi) is 7.33. The molecule has 4 atom stereocenters. The van der Waals surface area contributed by atoms with E-state index in [9.17, 15) is 19.4 Å². The van der Waals surface area contributed by atoms with Gasteiger partial charge in [-0.25, -0.2) is 4.39 Å². The molecular formula is C22H27FN2O4. The first-order valence-corrected chi connectivity index (χ1v) is 9.68. The standard InChI is InChI=1S/C22H27FN2O4/c1-25(14-16-5-3-2-4-6-16)20(26)11-18-21(27)22(28)19(29-18)13-24-12-15-7-9-17(23)10-8-15/h2-10,18-19,21-22,24,27-28H,11-14H2,1H3. The van der Waals surface area contributed by atoms with Gasteiger partial charge in [0.15, 0.2) is 0 Å². The lowest BCUT2D eigenvalue weighted by atomic mass is 10.0. The molecule has 2 aromatic carbocycles. The second-order valence-electron chi connectivity index (χ2n) is 7.39. The second-order valence-corrected chi connectivity index (χ2v) is 7.39. The maximum Gasteiger partial charge on any atom is 0.225 e. The molecule has 1 aliphatic heterocycles. The summed E-state index contributed by atoms with van der Waals surface area (Å²) in [5, 5.41) is 23.7. The fourth-order valence-corrected chi connectivity index (χ4v) is 3.40. The van der Waals surface area contributed by atoms with E-state index in [0.717, 1.165) is 11.1 Å². The molecule has 0 aromatic heterocycles. The summed E-state index contributed by atoms with van der Waals surface area (Å²) < 4.78 is 18.7. The van der Waals surface area contributed by atoms with Crippen LogP contribution in [0.2, 0.25) is 0 Å². The highest BCUT2D eigenvalue weighted by atomic mass is 19.1. The monoisotopic (exact) mass is 402 g/mol. The summed E-state index contributed by atoms with van der Waals surface area (Å²) in [5.41, 5.74) is 1.91. The molecule has 4 unspecified atom stereocenters. The molecule has 1 fully saturated rings. The number of carbonyl (C=O) groups excluding carboxylic acids is 1. The minimum atomic E-state index is -1.12. The lowest BCUT2D eigenvalue weighted by Gasteiger charge is -2.21. The summed E-state index contributed by atoms with van der Waals surface area (Å²) in [4.78, 5) is 14.1. The Labute approximate surface area is 169 Å². The largest absolute Gasteiger partial charge is 0.388 e. The maximum atomic E-state index is 12.9. The first-order chi connectivity index (χ1) is 13.9. The van der Waals surface area contributed by atoms with Gasteiger partial charge in [0.05, 0.1) is 18.6 Å². The summed E-state index contributed by atoms with van der Waals surface area (Å²) in [5.74, 6) is -0.457. The van der Waals surface area contributed by atoms with Crippen LogP contribution in [0.5, 0.6) is 0 Å². The van der Waals surface area contributed by atoms with Crippen molar-refractivity contribution < 1.29 is 24.1 Å². The molecule has 7 heteroatoms. The molecule has 0 aliphatic carbocycles. The Balaban J connectivity index is 1.46. The molecule has 0 bridgehead atoms. The number of carbonyl (C=O) groups is 1. The van der Waals surface area contributed by atoms with Crippen molar-refractivity contribution in [2.24, 2.45) is 0 Å². The molecule has 3 rings (SSSR count). The van der Waals surface area contributed by atoms with Crippen LogP contribution in [-0.2, 0) is 22.6 Å². The van der Waals surface area contributed by atoms with Crippen LogP contribution in [0.15, 0.2) is 54.6 Å². The van der Waals surface area contributed by atoms with E-state index in [0.29, 0.717) is 19.6 Å². The molecule has 0 spiro atoms. The zero-order valence-corrected chi connectivity index (χ0v) is 16.4. The smallest absolute Gasteiger partial charge is 0.225 e. The van der Waals surface area contributed by atoms with Crippen LogP contribution in [0, 0.1) is 5.82 Å². The van der Waals surface area contributed by atoms with Gasteiger partial charge >= 0.3 is 0 Å². The number of hydrogen-bond acceptors (Lipinski definition) is 5. The number of ether oxygens (including phenoxy) is 1. The summed E-state index contributed by atoms with van der Waals surface area (Å²) in [6.45, 7) is 1.25. The van der Waals surface area contributed by atoms with Crippen molar-refractivity contribution in [3.63, 3.8) is 0 Å². The van der Waals surface area contributed by atoms with E-state index in [1.54, 1.807) is 24.1 Å². The van der Waals surface area contributed by atoms with Gasteiger partial charge in [-0.3, -0.25) is 4.79 Å². The predicted molar refractivity (Wildman–Crippen MR) is 106 cm³/mol. The minimum absolute atomic E-state index is 0.00395. The molecule has 3 N–H and O–H groups in total. The molecule has 1 saturated heterocycles. The molecule has 1 amide bonds. The maximum absolute atomic E-state index is 12.9. The van der Waals surface area contributed by atoms with Crippen molar-refractivity contribution in [3.8, 4) is 0 Å². The van der Waals surface area contributed by atoms with Crippen molar-refractivity contribution in [2.75, 3.05) is 13.6 Å². The van der Waals surface area contributed by atoms with Gasteiger partial charge in [-0.1, -0.05) is 42.5 Å². The lowest BCUT2D eigenvalue weighted by molar-refractivity contribution is -0.134. The number of hydrogen-bond donors (Lipinski definition) is 3. The highest BCUT2D eigenvalue weighted by Crippen LogP contribution is 2.24. The number of nitrogens with zero attached hydrogens (tertiary/aromatic N) is 1. The Bertz CT molecular complexity index is 787. The zero-order chi connectivity index (χ0) is 20.8. The second kappa shape index (κ2) is 9.93. The molecule has 6 nitrogen and oxygen atoms in total. The predicted octanol–water partition coefficient (Wildman–Crippen LogP) is 1.45. The number of amides is 1. The molecule has 156 valence electrons. The van der Waals surface area contributed by atoms with Crippen LogP contribution in [0.25, 0.3) is 0 Å². The van der Waals surface area contributed by atoms with Crippen LogP contribution >= 0.6 is 0 Å². The molecule has 1 heterocycles. The minimum Gasteiger partial charge on any atom is -0.388 e. The first kappa shape index (κ1) is 21.4. The van der Waals surface area contributed by atoms with Crippen LogP contribution in [0.1, 0.15) is 17.5 Å². The molecule has 1 aliphatic rings. The van der Waals surface area contributed by atoms with Crippen molar-refractivity contribution in [1.29, 1.82) is 0 Å². The van der Waals surface area contributed by atoms with Crippen molar-refractivity contribution in [3.05, 3.63) is 71.5 Å². The quantitative estimate of drug-likeness (QED) is 0.623. The van der Waals surface area contributed by atoms with Gasteiger partial charge in [0, 0.05) is 26.7 Å². The number of aliphatic hydroxyl groups excluding tert-OH is 2. The van der Waals surface area contributed by atoms with Crippen molar-refractivity contribution in [2.45, 2.75) is 43.9 Å². The van der Waals surface area contributed by atoms with Crippen LogP contribution < -0.4 is 5.32 Å². The average Bonchev–Trinajstić information content (AvgIpc) is 2.98. The van der Waals surface area contributed by atoms with Gasteiger partial charge in [-0.05, 0) is 23.3 Å². The summed E-state index contributed by atoms with van der Waals surface area (Å²) in [6.07, 6.45) is -3.58. The van der Waals surface area contributed by atoms with E-state index in [1.165, 1.54) is 12.1 Å². The van der Waals surface area contributed by atoms with Crippen molar-refractivity contribution >= 4 is 5.91 Å². The van der Waals surface area contributed by atoms with E-state index in [4.69, 9.17) is 4.74 Å². The van der Waals surface area contributed by atoms with E-state index < -0.39 is 24.4 Å². The van der Waals surface area contributed by atoms with Gasteiger partial charge in [-0.2, -0.15) is 0 Å². The van der Waals surface area contributed by atoms with Crippen LogP contribution in [0.4, 0.5) is 4.39 Å². The van der Waals surface area contributed by atoms with Gasteiger partial charge in [0.1, 0.15) is 18.0 Å². The third-order valence-corrected chi connectivity index (χ3v) is 5.11. The van der Waals surface area contributed by atoms with Gasteiger partial charge in [0.25, 0.3) is 0 Å². The van der Waals surface area contributed by atoms with Gasteiger partial charge in [0.2, 0.25) is 5.91 Å². The summed E-state index contributed by atoms with van der Waals surface area (Å²) >= 11 is 0. The van der Waals surface area contributed by atoms with E-state index in [1.807, 2.05) is 30.3 Å². The highest BCUT2D eigenvalue weighted by molar-refractivity contribution is 5.76. The number of halogens is 1. The topological polar surface area (TPSA) is 82.0 Å². The molecule has 29 heavy (non-hydrogen) atoms. The third kappa shape index (κ3) is 5.83. The Hall–Kier alpha value is -2.32. The summed E-state index contributed by atoms with van der Waals surface area (Å²) in [7, 11) is 1.70. The molecule has 2 aromatic rings. The fraction of sp³-hybridized carbons (Fsp3) is 0.409. The average molecular weight is 402 g/mol. The normalized spacial score (nSPS) is 23.9. The third-order valence-electron chi connectivity index (χ3n) is 5.11. The van der Waals surface area contributed by atoms with E-state index >= 15 is 0 Å². The number of aliphatic hydroxyl groups is 2. The van der Waals surface area contributed by atoms with Crippen LogP contribution in [0.3, 0.4) is 0 Å². The van der Waals surface area contributed by atoms with E-state index in [-0.39, 0.29) is 18.1 Å². The van der Waals surface area contributed by atoms with Gasteiger partial charge in [-0.15, -0.1) is 0 Å². The highest BCUT2D eigenvalue weighted by Gasteiger charge is 2.43. The zero-order valence-electron chi connectivity index (χ0n) is 16.4. The Morgan fingerprint density at radius 2 is 1.69 bits per heavy atom. The Morgan fingerprint density at radius 1 is 1.03 bits per heavy atom. The molecule has 0 saturated carbocycles. The van der Waals surface area contributed by atoms with Crippen molar-refractivity contribution in [1.82, 2.24) is 10.2 Å². The van der Waals surface area contributed by atoms with Crippen LogP contribution in [-0.4, -0.2) is 59.0 Å². The number of nitrogens with one attached hydrogen (secondary N) is 1. The molecule has 0 radical (unpaired) electrons. The Morgan fingerprint density at radius 3 is 2.38 bits per heavy atom. The summed E-state index contributed by atoms with van der Waals surface area (Å²) in [6, 6.07) is 15.7. The first-order valence-electron chi connectivity index (χ1n) is 9.68. The lowest BCUT2D eigenvalue weighted by Crippen LogP contribution is -2.38. The SMILES string of the molecule is CN(Cc1ccccc1)C(=O)CC1OC(CNCc2ccc(F)cc2)C(O)C1O. The molecular weight excluding hydrogens is 375 g/mol. The fourth-order valence-electron chi connectivity index (χ4n) is 3.40.